The molecule has 0 bridgehead atoms. The van der Waals surface area contributed by atoms with Crippen molar-refractivity contribution in [1.29, 1.82) is 0 Å². The van der Waals surface area contributed by atoms with Crippen LogP contribution in [0.1, 0.15) is 35.8 Å². The molecule has 0 aliphatic heterocycles. The summed E-state index contributed by atoms with van der Waals surface area (Å²) in [6, 6.07) is 1.40. The predicted molar refractivity (Wildman–Crippen MR) is 56.9 cm³/mol. The molecule has 0 saturated carbocycles. The maximum absolute atomic E-state index is 11.6. The van der Waals surface area contributed by atoms with Gasteiger partial charge in [-0.25, -0.2) is 14.3 Å². The fourth-order valence-corrected chi connectivity index (χ4v) is 1.45. The second kappa shape index (κ2) is 3.48. The predicted octanol–water partition coefficient (Wildman–Crippen LogP) is 0.844. The van der Waals surface area contributed by atoms with Crippen LogP contribution in [-0.4, -0.2) is 25.7 Å². The van der Waals surface area contributed by atoms with Gasteiger partial charge in [0, 0.05) is 12.3 Å². The number of carbonyl (C=O) groups is 1. The molecule has 2 rings (SSSR count). The van der Waals surface area contributed by atoms with E-state index < -0.39 is 5.97 Å². The van der Waals surface area contributed by atoms with Crippen LogP contribution < -0.4 is 5.56 Å². The Kier molecular flexibility index (Phi) is 2.26. The molecule has 6 heteroatoms. The lowest BCUT2D eigenvalue weighted by atomic mass is 10.1. The summed E-state index contributed by atoms with van der Waals surface area (Å²) < 4.78 is 1.12. The topological polar surface area (TPSA) is 87.5 Å². The molecule has 6 nitrogen and oxygen atoms in total. The Labute approximate surface area is 90.5 Å². The summed E-state index contributed by atoms with van der Waals surface area (Å²) in [5, 5.41) is 11.5. The third-order valence-corrected chi connectivity index (χ3v) is 2.34. The SMILES string of the molecule is CC(C)c1cc(=O)n2[nH]cc(C(=O)O)c2n1. The van der Waals surface area contributed by atoms with Crippen molar-refractivity contribution in [1.82, 2.24) is 14.6 Å². The molecular formula is C10H11N3O3. The first kappa shape index (κ1) is 10.4. The maximum atomic E-state index is 11.6. The van der Waals surface area contributed by atoms with Gasteiger partial charge in [0.15, 0.2) is 5.65 Å². The van der Waals surface area contributed by atoms with Gasteiger partial charge in [-0.2, -0.15) is 0 Å². The van der Waals surface area contributed by atoms with Crippen LogP contribution in [0, 0.1) is 0 Å². The molecule has 0 saturated heterocycles. The van der Waals surface area contributed by atoms with Crippen LogP contribution >= 0.6 is 0 Å². The second-order valence-electron chi connectivity index (χ2n) is 3.83. The molecule has 2 N–H and O–H groups in total. The summed E-state index contributed by atoms with van der Waals surface area (Å²) in [4.78, 5) is 26.7. The average molecular weight is 221 g/mol. The molecule has 0 aliphatic carbocycles. The van der Waals surface area contributed by atoms with Gasteiger partial charge >= 0.3 is 5.97 Å². The zero-order valence-electron chi connectivity index (χ0n) is 8.89. The molecule has 0 atom stereocenters. The Balaban J connectivity index is 2.82. The summed E-state index contributed by atoms with van der Waals surface area (Å²) in [5.74, 6) is -1.03. The molecule has 2 aromatic rings. The van der Waals surface area contributed by atoms with Gasteiger partial charge in [0.05, 0.1) is 5.69 Å². The lowest BCUT2D eigenvalue weighted by Crippen LogP contribution is -2.16. The van der Waals surface area contributed by atoms with Gasteiger partial charge < -0.3 is 5.11 Å². The van der Waals surface area contributed by atoms with Gasteiger partial charge in [-0.15, -0.1) is 0 Å². The normalized spacial score (nSPS) is 11.2. The highest BCUT2D eigenvalue weighted by molar-refractivity contribution is 5.94. The van der Waals surface area contributed by atoms with E-state index in [1.54, 1.807) is 0 Å². The van der Waals surface area contributed by atoms with E-state index in [4.69, 9.17) is 5.11 Å². The van der Waals surface area contributed by atoms with E-state index >= 15 is 0 Å². The number of fused-ring (bicyclic) bond motifs is 1. The van der Waals surface area contributed by atoms with Gasteiger partial charge in [0.25, 0.3) is 5.56 Å². The lowest BCUT2D eigenvalue weighted by Gasteiger charge is -2.03. The van der Waals surface area contributed by atoms with E-state index in [0.717, 1.165) is 4.52 Å². The number of H-pyrrole nitrogens is 1. The van der Waals surface area contributed by atoms with Crippen LogP contribution in [0.2, 0.25) is 0 Å². The van der Waals surface area contributed by atoms with E-state index in [-0.39, 0.29) is 22.7 Å². The smallest absolute Gasteiger partial charge is 0.341 e. The van der Waals surface area contributed by atoms with Crippen molar-refractivity contribution in [2.75, 3.05) is 0 Å². The van der Waals surface area contributed by atoms with Crippen LogP contribution in [0.4, 0.5) is 0 Å². The quantitative estimate of drug-likeness (QED) is 0.786. The number of nitrogens with one attached hydrogen (secondary N) is 1. The summed E-state index contributed by atoms with van der Waals surface area (Å²) >= 11 is 0. The van der Waals surface area contributed by atoms with Crippen molar-refractivity contribution in [3.63, 3.8) is 0 Å². The van der Waals surface area contributed by atoms with Gasteiger partial charge in [-0.1, -0.05) is 13.8 Å². The third-order valence-electron chi connectivity index (χ3n) is 2.34. The van der Waals surface area contributed by atoms with Gasteiger partial charge in [-0.3, -0.25) is 9.89 Å². The van der Waals surface area contributed by atoms with Crippen molar-refractivity contribution in [3.05, 3.63) is 33.9 Å². The fraction of sp³-hybridized carbons (Fsp3) is 0.300. The van der Waals surface area contributed by atoms with Crippen molar-refractivity contribution >= 4 is 11.6 Å². The highest BCUT2D eigenvalue weighted by Gasteiger charge is 2.15. The van der Waals surface area contributed by atoms with Crippen LogP contribution in [0.3, 0.4) is 0 Å². The molecule has 0 aliphatic rings. The average Bonchev–Trinajstić information content (AvgIpc) is 2.61. The van der Waals surface area contributed by atoms with Crippen molar-refractivity contribution < 1.29 is 9.90 Å². The van der Waals surface area contributed by atoms with E-state index in [1.165, 1.54) is 12.3 Å². The van der Waals surface area contributed by atoms with Crippen molar-refractivity contribution in [2.24, 2.45) is 0 Å². The van der Waals surface area contributed by atoms with Crippen molar-refractivity contribution in [2.45, 2.75) is 19.8 Å². The number of aromatic amines is 1. The minimum Gasteiger partial charge on any atom is -0.477 e. The molecule has 0 aromatic carbocycles. The number of carboxylic acids is 1. The standard InChI is InChI=1S/C10H11N3O3/c1-5(2)7-3-8(14)13-9(12-7)6(4-11-13)10(15)16/h3-5,11H,1-2H3,(H,15,16). The van der Waals surface area contributed by atoms with Crippen LogP contribution in [-0.2, 0) is 0 Å². The Hall–Kier alpha value is -2.11. The van der Waals surface area contributed by atoms with Gasteiger partial charge in [0.1, 0.15) is 5.56 Å². The molecule has 2 heterocycles. The lowest BCUT2D eigenvalue weighted by molar-refractivity contribution is 0.0698. The Morgan fingerprint density at radius 3 is 2.81 bits per heavy atom. The summed E-state index contributed by atoms with van der Waals surface area (Å²) in [7, 11) is 0. The fourth-order valence-electron chi connectivity index (χ4n) is 1.45. The summed E-state index contributed by atoms with van der Waals surface area (Å²) in [6.45, 7) is 3.79. The van der Waals surface area contributed by atoms with Gasteiger partial charge in [-0.05, 0) is 5.92 Å². The summed E-state index contributed by atoms with van der Waals surface area (Å²) in [5.41, 5.74) is 0.441. The molecule has 84 valence electrons. The van der Waals surface area contributed by atoms with Crippen LogP contribution in [0.15, 0.2) is 17.1 Å². The number of carboxylic acid groups (broad SMARTS) is 1. The number of aromatic carboxylic acids is 1. The highest BCUT2D eigenvalue weighted by atomic mass is 16.4. The number of hydrogen-bond donors (Lipinski definition) is 2. The number of rotatable bonds is 2. The number of aromatic nitrogens is 3. The summed E-state index contributed by atoms with van der Waals surface area (Å²) in [6.07, 6.45) is 1.26. The molecule has 16 heavy (non-hydrogen) atoms. The third kappa shape index (κ3) is 1.48. The first-order valence-electron chi connectivity index (χ1n) is 4.85. The minimum atomic E-state index is -1.11. The zero-order valence-corrected chi connectivity index (χ0v) is 8.89. The van der Waals surface area contributed by atoms with Gasteiger partial charge in [0.2, 0.25) is 0 Å². The first-order valence-corrected chi connectivity index (χ1v) is 4.85. The highest BCUT2D eigenvalue weighted by Crippen LogP contribution is 2.12. The number of hydrogen-bond acceptors (Lipinski definition) is 3. The Bertz CT molecular complexity index is 609. The first-order chi connectivity index (χ1) is 7.50. The van der Waals surface area contributed by atoms with Crippen molar-refractivity contribution in [3.8, 4) is 0 Å². The zero-order chi connectivity index (χ0) is 11.9. The van der Waals surface area contributed by atoms with E-state index in [0.29, 0.717) is 5.69 Å². The number of nitrogens with zero attached hydrogens (tertiary/aromatic N) is 2. The van der Waals surface area contributed by atoms with Crippen LogP contribution in [0.5, 0.6) is 0 Å². The second-order valence-corrected chi connectivity index (χ2v) is 3.83. The molecule has 0 spiro atoms. The molecule has 0 amide bonds. The molecule has 0 radical (unpaired) electrons. The maximum Gasteiger partial charge on any atom is 0.341 e. The van der Waals surface area contributed by atoms with E-state index in [1.807, 2.05) is 13.8 Å². The van der Waals surface area contributed by atoms with E-state index in [9.17, 15) is 9.59 Å². The molecule has 2 aromatic heterocycles. The molecular weight excluding hydrogens is 210 g/mol. The largest absolute Gasteiger partial charge is 0.477 e. The Morgan fingerprint density at radius 2 is 2.25 bits per heavy atom. The van der Waals surface area contributed by atoms with E-state index in [2.05, 4.69) is 10.1 Å². The van der Waals surface area contributed by atoms with Crippen LogP contribution in [0.25, 0.3) is 5.65 Å². The Morgan fingerprint density at radius 1 is 1.56 bits per heavy atom. The molecule has 0 unspecified atom stereocenters. The molecule has 0 fully saturated rings. The minimum absolute atomic E-state index is 0.000370. The monoisotopic (exact) mass is 221 g/mol.